The van der Waals surface area contributed by atoms with Crippen LogP contribution in [0.3, 0.4) is 0 Å². The average Bonchev–Trinajstić information content (AvgIpc) is 2.61. The maximum absolute atomic E-state index is 13.0. The van der Waals surface area contributed by atoms with Crippen LogP contribution in [0.2, 0.25) is 0 Å². The second-order valence-electron chi connectivity index (χ2n) is 7.00. The molecular weight excluding hydrogens is 357 g/mol. The zero-order valence-corrected chi connectivity index (χ0v) is 14.9. The highest BCUT2D eigenvalue weighted by Crippen LogP contribution is 2.38. The van der Waals surface area contributed by atoms with Crippen LogP contribution in [0.25, 0.3) is 0 Å². The van der Waals surface area contributed by atoms with Gasteiger partial charge >= 0.3 is 6.18 Å². The predicted octanol–water partition coefficient (Wildman–Crippen LogP) is 3.51. The van der Waals surface area contributed by atoms with Crippen molar-refractivity contribution in [3.8, 4) is 0 Å². The molecule has 7 heteroatoms. The number of nitrogens with two attached hydrogens (primary N) is 1. The van der Waals surface area contributed by atoms with E-state index in [1.807, 2.05) is 6.07 Å². The normalized spacial score (nSPS) is 16.6. The van der Waals surface area contributed by atoms with E-state index in [1.165, 1.54) is 12.1 Å². The summed E-state index contributed by atoms with van der Waals surface area (Å²) in [5, 5.41) is 9.76. The number of carbonyl (C=O) groups is 1. The van der Waals surface area contributed by atoms with E-state index in [-0.39, 0.29) is 5.56 Å². The van der Waals surface area contributed by atoms with Gasteiger partial charge in [-0.05, 0) is 54.7 Å². The lowest BCUT2D eigenvalue weighted by molar-refractivity contribution is -0.258. The first-order valence-corrected chi connectivity index (χ1v) is 8.66. The smallest absolute Gasteiger partial charge is 0.376 e. The fourth-order valence-corrected chi connectivity index (χ4v) is 3.31. The first-order valence-electron chi connectivity index (χ1n) is 8.66. The lowest BCUT2D eigenvalue weighted by Gasteiger charge is -2.32. The minimum Gasteiger partial charge on any atom is -0.376 e. The van der Waals surface area contributed by atoms with Crippen LogP contribution in [-0.2, 0) is 18.6 Å². The van der Waals surface area contributed by atoms with Gasteiger partial charge in [0.25, 0.3) is 0 Å². The lowest BCUT2D eigenvalue weighted by atomic mass is 9.94. The molecule has 2 aromatic carbocycles. The number of anilines is 1. The van der Waals surface area contributed by atoms with Crippen molar-refractivity contribution in [2.45, 2.75) is 38.1 Å². The first kappa shape index (κ1) is 19.2. The van der Waals surface area contributed by atoms with Crippen LogP contribution < -0.4 is 10.6 Å². The largest absolute Gasteiger partial charge is 0.421 e. The topological polar surface area (TPSA) is 66.6 Å². The maximum atomic E-state index is 13.0. The van der Waals surface area contributed by atoms with Crippen molar-refractivity contribution in [1.29, 1.82) is 0 Å². The van der Waals surface area contributed by atoms with Crippen molar-refractivity contribution in [2.24, 2.45) is 5.73 Å². The summed E-state index contributed by atoms with van der Waals surface area (Å²) in [6.45, 7) is 2.08. The van der Waals surface area contributed by atoms with E-state index >= 15 is 0 Å². The number of benzene rings is 2. The van der Waals surface area contributed by atoms with Crippen molar-refractivity contribution in [1.82, 2.24) is 0 Å². The molecular formula is C20H21F3N2O2. The van der Waals surface area contributed by atoms with Crippen molar-refractivity contribution in [3.05, 3.63) is 64.7 Å². The van der Waals surface area contributed by atoms with Gasteiger partial charge in [0, 0.05) is 24.3 Å². The van der Waals surface area contributed by atoms with Crippen molar-refractivity contribution < 1.29 is 23.1 Å². The molecule has 0 aliphatic carbocycles. The Balaban J connectivity index is 1.80. The minimum atomic E-state index is -4.74. The molecule has 2 aromatic rings. The number of aliphatic hydroxyl groups is 1. The van der Waals surface area contributed by atoms with Crippen LogP contribution in [-0.4, -0.2) is 23.7 Å². The summed E-state index contributed by atoms with van der Waals surface area (Å²) in [4.78, 5) is 13.5. The highest BCUT2D eigenvalue weighted by molar-refractivity contribution is 5.93. The molecule has 0 radical (unpaired) electrons. The molecule has 3 rings (SSSR count). The fraction of sp³-hybridized carbons (Fsp3) is 0.350. The molecule has 1 aliphatic rings. The van der Waals surface area contributed by atoms with Crippen molar-refractivity contribution >= 4 is 11.6 Å². The Hall–Kier alpha value is -2.54. The van der Waals surface area contributed by atoms with Gasteiger partial charge in [-0.2, -0.15) is 13.2 Å². The van der Waals surface area contributed by atoms with E-state index in [0.717, 1.165) is 43.1 Å². The molecule has 144 valence electrons. The average molecular weight is 378 g/mol. The third kappa shape index (κ3) is 3.78. The molecule has 0 saturated heterocycles. The number of nitrogens with zero attached hydrogens (tertiary/aromatic N) is 1. The van der Waals surface area contributed by atoms with Crippen molar-refractivity contribution in [3.63, 3.8) is 0 Å². The molecule has 3 N–H and O–H groups in total. The highest BCUT2D eigenvalue weighted by Gasteiger charge is 2.51. The third-order valence-corrected chi connectivity index (χ3v) is 5.02. The van der Waals surface area contributed by atoms with Crippen LogP contribution in [0.1, 0.15) is 40.4 Å². The Labute approximate surface area is 155 Å². The van der Waals surface area contributed by atoms with Crippen LogP contribution in [0.15, 0.2) is 42.5 Å². The van der Waals surface area contributed by atoms with Gasteiger partial charge in [0.15, 0.2) is 5.60 Å². The Morgan fingerprint density at radius 2 is 1.85 bits per heavy atom. The lowest BCUT2D eigenvalue weighted by Crippen LogP contribution is -2.39. The Morgan fingerprint density at radius 3 is 2.44 bits per heavy atom. The molecule has 1 heterocycles. The molecule has 1 unspecified atom stereocenters. The molecule has 0 bridgehead atoms. The molecule has 1 aliphatic heterocycles. The van der Waals surface area contributed by atoms with Crippen LogP contribution >= 0.6 is 0 Å². The maximum Gasteiger partial charge on any atom is 0.421 e. The van der Waals surface area contributed by atoms with Gasteiger partial charge in [0.1, 0.15) is 0 Å². The SMILES string of the molecule is CC(O)(c1ccc(CN2CCCc3cc(C(N)=O)ccc32)cc1)C(F)(F)F. The Bertz CT molecular complexity index is 845. The standard InChI is InChI=1S/C20H21F3N2O2/c1-19(27,20(21,22)23)16-7-4-13(5-8-16)12-25-10-2-3-14-11-15(18(24)26)6-9-17(14)25/h4-9,11,27H,2-3,10,12H2,1H3,(H2,24,26). The molecule has 0 spiro atoms. The quantitative estimate of drug-likeness (QED) is 0.856. The van der Waals surface area contributed by atoms with E-state index in [0.29, 0.717) is 12.1 Å². The number of carbonyl (C=O) groups excluding carboxylic acids is 1. The van der Waals surface area contributed by atoms with E-state index in [2.05, 4.69) is 4.90 Å². The molecule has 4 nitrogen and oxygen atoms in total. The van der Waals surface area contributed by atoms with Gasteiger partial charge in [0.05, 0.1) is 0 Å². The van der Waals surface area contributed by atoms with Gasteiger partial charge in [-0.1, -0.05) is 24.3 Å². The molecule has 1 atom stereocenters. The van der Waals surface area contributed by atoms with E-state index in [1.54, 1.807) is 24.3 Å². The molecule has 0 aromatic heterocycles. The number of hydrogen-bond donors (Lipinski definition) is 2. The second-order valence-corrected chi connectivity index (χ2v) is 7.00. The van der Waals surface area contributed by atoms with Gasteiger partial charge < -0.3 is 15.7 Å². The number of alkyl halides is 3. The number of hydrogen-bond acceptors (Lipinski definition) is 3. The van der Waals surface area contributed by atoms with Crippen LogP contribution in [0, 0.1) is 0 Å². The van der Waals surface area contributed by atoms with Crippen LogP contribution in [0.4, 0.5) is 18.9 Å². The van der Waals surface area contributed by atoms with Gasteiger partial charge in [-0.15, -0.1) is 0 Å². The zero-order chi connectivity index (χ0) is 19.8. The van der Waals surface area contributed by atoms with E-state index in [9.17, 15) is 23.1 Å². The Kier molecular flexibility index (Phi) is 4.90. The second kappa shape index (κ2) is 6.88. The third-order valence-electron chi connectivity index (χ3n) is 5.02. The minimum absolute atomic E-state index is 0.191. The summed E-state index contributed by atoms with van der Waals surface area (Å²) in [6.07, 6.45) is -2.98. The summed E-state index contributed by atoms with van der Waals surface area (Å²) >= 11 is 0. The molecule has 0 saturated carbocycles. The zero-order valence-electron chi connectivity index (χ0n) is 14.9. The fourth-order valence-electron chi connectivity index (χ4n) is 3.31. The molecule has 1 amide bonds. The predicted molar refractivity (Wildman–Crippen MR) is 96.4 cm³/mol. The summed E-state index contributed by atoms with van der Waals surface area (Å²) in [7, 11) is 0. The monoisotopic (exact) mass is 378 g/mol. The van der Waals surface area contributed by atoms with Gasteiger partial charge in [-0.25, -0.2) is 0 Å². The summed E-state index contributed by atoms with van der Waals surface area (Å²) < 4.78 is 38.9. The van der Waals surface area contributed by atoms with E-state index < -0.39 is 17.7 Å². The summed E-state index contributed by atoms with van der Waals surface area (Å²) in [6, 6.07) is 11.2. The van der Waals surface area contributed by atoms with Gasteiger partial charge in [-0.3, -0.25) is 4.79 Å². The number of fused-ring (bicyclic) bond motifs is 1. The first-order chi connectivity index (χ1) is 12.6. The van der Waals surface area contributed by atoms with Crippen molar-refractivity contribution in [2.75, 3.05) is 11.4 Å². The number of rotatable bonds is 4. The highest BCUT2D eigenvalue weighted by atomic mass is 19.4. The Morgan fingerprint density at radius 1 is 1.19 bits per heavy atom. The van der Waals surface area contributed by atoms with Crippen LogP contribution in [0.5, 0.6) is 0 Å². The molecule has 27 heavy (non-hydrogen) atoms. The van der Waals surface area contributed by atoms with E-state index in [4.69, 9.17) is 5.73 Å². The number of aryl methyl sites for hydroxylation is 1. The number of amides is 1. The molecule has 0 fully saturated rings. The van der Waals surface area contributed by atoms with Gasteiger partial charge in [0.2, 0.25) is 5.91 Å². The number of halogens is 3. The summed E-state index contributed by atoms with van der Waals surface area (Å²) in [5.41, 5.74) is 5.60. The number of primary amides is 1. The summed E-state index contributed by atoms with van der Waals surface area (Å²) in [5.74, 6) is -0.470.